The molecule has 6 heteroatoms. The van der Waals surface area contributed by atoms with Crippen LogP contribution in [0, 0.1) is 0 Å². The molecule has 0 saturated heterocycles. The lowest BCUT2D eigenvalue weighted by Gasteiger charge is -2.28. The van der Waals surface area contributed by atoms with Crippen molar-refractivity contribution in [2.24, 2.45) is 0 Å². The van der Waals surface area contributed by atoms with Crippen LogP contribution in [0.3, 0.4) is 0 Å². The van der Waals surface area contributed by atoms with Crippen molar-refractivity contribution in [2.45, 2.75) is 13.3 Å². The molecule has 1 aliphatic rings. The van der Waals surface area contributed by atoms with Crippen molar-refractivity contribution in [1.29, 1.82) is 0 Å². The zero-order valence-corrected chi connectivity index (χ0v) is 14.2. The minimum atomic E-state index is -0.163. The van der Waals surface area contributed by atoms with Gasteiger partial charge in [0.2, 0.25) is 5.91 Å². The molecule has 1 heterocycles. The quantitative estimate of drug-likeness (QED) is 0.908. The predicted molar refractivity (Wildman–Crippen MR) is 95.3 cm³/mol. The van der Waals surface area contributed by atoms with E-state index in [9.17, 15) is 9.59 Å². The standard InChI is InChI=1S/C19H20N2O4/c1-3-24-14-9-7-13(8-10-14)11-17(22)20-15-5-4-6-16-19(15)21(2)18(23)12-25-16/h4-10H,3,11-12H2,1-2H3,(H,20,22). The Balaban J connectivity index is 1.72. The highest BCUT2D eigenvalue weighted by Gasteiger charge is 2.25. The first kappa shape index (κ1) is 16.8. The summed E-state index contributed by atoms with van der Waals surface area (Å²) < 4.78 is 10.8. The molecule has 0 fully saturated rings. The molecule has 2 aromatic carbocycles. The Morgan fingerprint density at radius 2 is 2.00 bits per heavy atom. The average Bonchev–Trinajstić information content (AvgIpc) is 2.60. The summed E-state index contributed by atoms with van der Waals surface area (Å²) in [7, 11) is 1.67. The highest BCUT2D eigenvalue weighted by atomic mass is 16.5. The molecule has 0 aromatic heterocycles. The third kappa shape index (κ3) is 3.74. The van der Waals surface area contributed by atoms with Crippen LogP contribution in [0.25, 0.3) is 0 Å². The number of carbonyl (C=O) groups is 2. The largest absolute Gasteiger partial charge is 0.494 e. The normalized spacial score (nSPS) is 13.0. The van der Waals surface area contributed by atoms with Crippen LogP contribution in [-0.4, -0.2) is 32.1 Å². The topological polar surface area (TPSA) is 67.9 Å². The summed E-state index contributed by atoms with van der Waals surface area (Å²) in [6, 6.07) is 12.7. The molecule has 1 aliphatic heterocycles. The molecule has 0 bridgehead atoms. The minimum absolute atomic E-state index is 0.00702. The van der Waals surface area contributed by atoms with Gasteiger partial charge in [0.1, 0.15) is 17.2 Å². The van der Waals surface area contributed by atoms with Gasteiger partial charge in [-0.15, -0.1) is 0 Å². The number of nitrogens with one attached hydrogen (secondary N) is 1. The average molecular weight is 340 g/mol. The molecule has 2 aromatic rings. The first-order valence-corrected chi connectivity index (χ1v) is 8.12. The zero-order chi connectivity index (χ0) is 17.8. The molecule has 0 aliphatic carbocycles. The molecule has 130 valence electrons. The molecule has 25 heavy (non-hydrogen) atoms. The van der Waals surface area contributed by atoms with Crippen LogP contribution in [0.15, 0.2) is 42.5 Å². The fourth-order valence-electron chi connectivity index (χ4n) is 2.70. The number of amides is 2. The smallest absolute Gasteiger partial charge is 0.264 e. The Kier molecular flexibility index (Phi) is 4.88. The summed E-state index contributed by atoms with van der Waals surface area (Å²) in [5.74, 6) is 1.05. The van der Waals surface area contributed by atoms with Crippen molar-refractivity contribution in [3.8, 4) is 11.5 Å². The fourth-order valence-corrected chi connectivity index (χ4v) is 2.70. The van der Waals surface area contributed by atoms with Gasteiger partial charge in [-0.05, 0) is 36.8 Å². The van der Waals surface area contributed by atoms with E-state index in [4.69, 9.17) is 9.47 Å². The van der Waals surface area contributed by atoms with Crippen LogP contribution in [0.5, 0.6) is 11.5 Å². The van der Waals surface area contributed by atoms with E-state index < -0.39 is 0 Å². The Morgan fingerprint density at radius 1 is 1.24 bits per heavy atom. The summed E-state index contributed by atoms with van der Waals surface area (Å²) in [6.07, 6.45) is 0.231. The van der Waals surface area contributed by atoms with Crippen molar-refractivity contribution in [3.05, 3.63) is 48.0 Å². The molecule has 0 radical (unpaired) electrons. The first-order chi connectivity index (χ1) is 12.1. The summed E-state index contributed by atoms with van der Waals surface area (Å²) in [5.41, 5.74) is 2.02. The van der Waals surface area contributed by atoms with Gasteiger partial charge in [-0.25, -0.2) is 0 Å². The number of hydrogen-bond acceptors (Lipinski definition) is 4. The number of likely N-dealkylation sites (N-methyl/N-ethyl adjacent to an activating group) is 1. The van der Waals surface area contributed by atoms with Gasteiger partial charge in [-0.3, -0.25) is 9.59 Å². The molecule has 0 atom stereocenters. The number of rotatable bonds is 5. The number of nitrogens with zero attached hydrogens (tertiary/aromatic N) is 1. The Hall–Kier alpha value is -3.02. The van der Waals surface area contributed by atoms with E-state index in [2.05, 4.69) is 5.32 Å². The molecule has 0 saturated carbocycles. The third-order valence-electron chi connectivity index (χ3n) is 3.93. The number of para-hydroxylation sites is 1. The lowest BCUT2D eigenvalue weighted by atomic mass is 10.1. The predicted octanol–water partition coefficient (Wildman–Crippen LogP) is 2.62. The lowest BCUT2D eigenvalue weighted by molar-refractivity contribution is -0.121. The van der Waals surface area contributed by atoms with E-state index in [0.717, 1.165) is 11.3 Å². The van der Waals surface area contributed by atoms with Crippen molar-refractivity contribution in [1.82, 2.24) is 0 Å². The third-order valence-corrected chi connectivity index (χ3v) is 3.93. The van der Waals surface area contributed by atoms with Crippen LogP contribution in [0.4, 0.5) is 11.4 Å². The Morgan fingerprint density at radius 3 is 2.72 bits per heavy atom. The van der Waals surface area contributed by atoms with Crippen molar-refractivity contribution in [3.63, 3.8) is 0 Å². The van der Waals surface area contributed by atoms with Crippen molar-refractivity contribution >= 4 is 23.2 Å². The molecular formula is C19H20N2O4. The van der Waals surface area contributed by atoms with E-state index >= 15 is 0 Å². The summed E-state index contributed by atoms with van der Waals surface area (Å²) in [5, 5.41) is 2.87. The number of fused-ring (bicyclic) bond motifs is 1. The maximum Gasteiger partial charge on any atom is 0.264 e. The van der Waals surface area contributed by atoms with Crippen LogP contribution < -0.4 is 19.7 Å². The van der Waals surface area contributed by atoms with E-state index in [-0.39, 0.29) is 24.8 Å². The first-order valence-electron chi connectivity index (χ1n) is 8.12. The minimum Gasteiger partial charge on any atom is -0.494 e. The SMILES string of the molecule is CCOc1ccc(CC(=O)Nc2cccc3c2N(C)C(=O)CO3)cc1. The lowest BCUT2D eigenvalue weighted by Crippen LogP contribution is -2.36. The monoisotopic (exact) mass is 340 g/mol. The molecule has 3 rings (SSSR count). The van der Waals surface area contributed by atoms with E-state index in [1.807, 2.05) is 31.2 Å². The van der Waals surface area contributed by atoms with Gasteiger partial charge in [-0.1, -0.05) is 18.2 Å². The van der Waals surface area contributed by atoms with Gasteiger partial charge in [0.25, 0.3) is 5.91 Å². The van der Waals surface area contributed by atoms with Crippen LogP contribution in [0.1, 0.15) is 12.5 Å². The molecular weight excluding hydrogens is 320 g/mol. The number of benzene rings is 2. The highest BCUT2D eigenvalue weighted by Crippen LogP contribution is 2.38. The van der Waals surface area contributed by atoms with E-state index in [0.29, 0.717) is 23.7 Å². The molecule has 6 nitrogen and oxygen atoms in total. The number of hydrogen-bond donors (Lipinski definition) is 1. The fraction of sp³-hybridized carbons (Fsp3) is 0.263. The van der Waals surface area contributed by atoms with Crippen molar-refractivity contribution in [2.75, 3.05) is 30.5 Å². The maximum absolute atomic E-state index is 12.4. The highest BCUT2D eigenvalue weighted by molar-refractivity contribution is 6.04. The summed E-state index contributed by atoms with van der Waals surface area (Å²) in [4.78, 5) is 25.7. The van der Waals surface area contributed by atoms with Gasteiger partial charge in [0.05, 0.1) is 18.7 Å². The van der Waals surface area contributed by atoms with Crippen LogP contribution >= 0.6 is 0 Å². The zero-order valence-electron chi connectivity index (χ0n) is 14.2. The molecule has 2 amide bonds. The van der Waals surface area contributed by atoms with Gasteiger partial charge < -0.3 is 19.7 Å². The second kappa shape index (κ2) is 7.25. The molecule has 0 unspecified atom stereocenters. The second-order valence-corrected chi connectivity index (χ2v) is 5.70. The molecule has 1 N–H and O–H groups in total. The second-order valence-electron chi connectivity index (χ2n) is 5.70. The summed E-state index contributed by atoms with van der Waals surface area (Å²) in [6.45, 7) is 2.54. The van der Waals surface area contributed by atoms with Crippen LogP contribution in [-0.2, 0) is 16.0 Å². The number of ether oxygens (including phenoxy) is 2. The molecule has 0 spiro atoms. The van der Waals surface area contributed by atoms with Gasteiger partial charge in [0, 0.05) is 7.05 Å². The number of anilines is 2. The van der Waals surface area contributed by atoms with E-state index in [1.54, 1.807) is 25.2 Å². The Labute approximate surface area is 146 Å². The van der Waals surface area contributed by atoms with E-state index in [1.165, 1.54) is 4.90 Å². The van der Waals surface area contributed by atoms with Gasteiger partial charge in [-0.2, -0.15) is 0 Å². The number of carbonyl (C=O) groups excluding carboxylic acids is 2. The van der Waals surface area contributed by atoms with Gasteiger partial charge in [0.15, 0.2) is 6.61 Å². The van der Waals surface area contributed by atoms with Crippen LogP contribution in [0.2, 0.25) is 0 Å². The van der Waals surface area contributed by atoms with Gasteiger partial charge >= 0.3 is 0 Å². The maximum atomic E-state index is 12.4. The van der Waals surface area contributed by atoms with Crippen molar-refractivity contribution < 1.29 is 19.1 Å². The Bertz CT molecular complexity index is 787. The summed E-state index contributed by atoms with van der Waals surface area (Å²) >= 11 is 0.